The fourth-order valence-corrected chi connectivity index (χ4v) is 8.05. The van der Waals surface area contributed by atoms with Crippen molar-refractivity contribution >= 4 is 17.5 Å². The number of nitrogens with one attached hydrogen (secondary N) is 2. The molecule has 6 rings (SSSR count). The second-order valence-corrected chi connectivity index (χ2v) is 13.9. The van der Waals surface area contributed by atoms with Crippen LogP contribution >= 0.6 is 0 Å². The van der Waals surface area contributed by atoms with E-state index >= 15 is 0 Å². The highest BCUT2D eigenvalue weighted by atomic mass is 16.5. The van der Waals surface area contributed by atoms with Gasteiger partial charge in [-0.25, -0.2) is 0 Å². The summed E-state index contributed by atoms with van der Waals surface area (Å²) in [7, 11) is 0. The lowest BCUT2D eigenvalue weighted by molar-refractivity contribution is -0.134. The normalized spacial score (nSPS) is 21.7. The molecule has 3 atom stereocenters. The van der Waals surface area contributed by atoms with Crippen molar-refractivity contribution in [3.8, 4) is 11.5 Å². The number of phenolic OH excluding ortho intramolecular Hbond substituents is 1. The fraction of sp³-hybridized carbons (Fsp3) is 0.622. The van der Waals surface area contributed by atoms with Crippen LogP contribution in [-0.4, -0.2) is 97.0 Å². The van der Waals surface area contributed by atoms with Crippen molar-refractivity contribution in [1.29, 1.82) is 0 Å². The number of likely N-dealkylation sites (tertiary alicyclic amines) is 1. The maximum Gasteiger partial charge on any atom is 0.262 e. The monoisotopic (exact) mass is 648 g/mol. The van der Waals surface area contributed by atoms with Crippen molar-refractivity contribution in [2.45, 2.75) is 76.4 Å². The number of phenols is 1. The Labute approximate surface area is 278 Å². The first-order valence-electron chi connectivity index (χ1n) is 17.8. The number of benzene rings is 2. The molecular weight excluding hydrogens is 596 g/mol. The maximum atomic E-state index is 13.3. The van der Waals surface area contributed by atoms with Crippen LogP contribution in [0.1, 0.15) is 74.2 Å². The van der Waals surface area contributed by atoms with Crippen molar-refractivity contribution in [2.24, 2.45) is 11.8 Å². The molecule has 2 amide bonds. The molecule has 2 unspecified atom stereocenters. The molecule has 0 spiro atoms. The lowest BCUT2D eigenvalue weighted by Crippen LogP contribution is -2.43. The molecule has 2 aromatic carbocycles. The van der Waals surface area contributed by atoms with E-state index in [1.807, 2.05) is 4.90 Å². The minimum Gasteiger partial charge on any atom is -0.506 e. The minimum atomic E-state index is -0.908. The zero-order valence-corrected chi connectivity index (χ0v) is 27.6. The Bertz CT molecular complexity index is 1350. The molecule has 2 aliphatic carbocycles. The zero-order valence-electron chi connectivity index (χ0n) is 27.6. The van der Waals surface area contributed by atoms with E-state index < -0.39 is 6.10 Å². The molecule has 10 nitrogen and oxygen atoms in total. The third-order valence-electron chi connectivity index (χ3n) is 10.6. The Morgan fingerprint density at radius 3 is 2.60 bits per heavy atom. The summed E-state index contributed by atoms with van der Waals surface area (Å²) in [4.78, 5) is 29.6. The summed E-state index contributed by atoms with van der Waals surface area (Å²) >= 11 is 0. The molecule has 2 heterocycles. The predicted octanol–water partition coefficient (Wildman–Crippen LogP) is 4.04. The molecule has 10 heteroatoms. The Hall–Kier alpha value is -3.18. The molecule has 0 radical (unpaired) electrons. The number of aliphatic hydroxyl groups excluding tert-OH is 1. The Kier molecular flexibility index (Phi) is 11.7. The number of aromatic hydroxyl groups is 1. The summed E-state index contributed by atoms with van der Waals surface area (Å²) in [5.74, 6) is 1.83. The maximum absolute atomic E-state index is 13.3. The van der Waals surface area contributed by atoms with Crippen LogP contribution in [0, 0.1) is 11.8 Å². The SMILES string of the molecule is O=C1COc2c([C@@H](O)CNCCN(C(=O)CCOCCc3cccc(CCN4CC5CCCC5C4)c3)C3CCCC3)ccc(O)c2N1. The largest absolute Gasteiger partial charge is 0.506 e. The quantitative estimate of drug-likeness (QED) is 0.159. The molecule has 0 aromatic heterocycles. The van der Waals surface area contributed by atoms with Gasteiger partial charge < -0.3 is 40.1 Å². The van der Waals surface area contributed by atoms with Crippen molar-refractivity contribution in [3.63, 3.8) is 0 Å². The summed E-state index contributed by atoms with van der Waals surface area (Å²) < 4.78 is 11.5. The van der Waals surface area contributed by atoms with Crippen LogP contribution in [0.5, 0.6) is 11.5 Å². The first-order valence-corrected chi connectivity index (χ1v) is 17.8. The lowest BCUT2D eigenvalue weighted by Gasteiger charge is -2.29. The van der Waals surface area contributed by atoms with Gasteiger partial charge in [-0.3, -0.25) is 9.59 Å². The van der Waals surface area contributed by atoms with Gasteiger partial charge in [-0.15, -0.1) is 0 Å². The van der Waals surface area contributed by atoms with Gasteiger partial charge in [0, 0.05) is 50.9 Å². The predicted molar refractivity (Wildman–Crippen MR) is 181 cm³/mol. The number of anilines is 1. The average molecular weight is 649 g/mol. The Balaban J connectivity index is 0.901. The first-order chi connectivity index (χ1) is 22.9. The minimum absolute atomic E-state index is 0.106. The van der Waals surface area contributed by atoms with Crippen LogP contribution < -0.4 is 15.4 Å². The van der Waals surface area contributed by atoms with Crippen molar-refractivity contribution in [3.05, 3.63) is 53.1 Å². The Morgan fingerprint density at radius 2 is 1.81 bits per heavy atom. The molecule has 2 saturated carbocycles. The second kappa shape index (κ2) is 16.3. The van der Waals surface area contributed by atoms with Gasteiger partial charge in [0.2, 0.25) is 5.91 Å². The number of hydrogen-bond donors (Lipinski definition) is 4. The molecule has 2 aliphatic heterocycles. The number of hydrogen-bond acceptors (Lipinski definition) is 8. The summed E-state index contributed by atoms with van der Waals surface area (Å²) in [6, 6.07) is 12.2. The number of nitrogens with zero attached hydrogens (tertiary/aromatic N) is 2. The molecule has 4 aliphatic rings. The number of amides is 2. The van der Waals surface area contributed by atoms with Gasteiger partial charge in [-0.2, -0.15) is 0 Å². The van der Waals surface area contributed by atoms with Gasteiger partial charge in [0.05, 0.1) is 25.7 Å². The van der Waals surface area contributed by atoms with Gasteiger partial charge >= 0.3 is 0 Å². The average Bonchev–Trinajstić information content (AvgIpc) is 3.84. The van der Waals surface area contributed by atoms with Crippen molar-refractivity contribution in [1.82, 2.24) is 15.1 Å². The van der Waals surface area contributed by atoms with E-state index in [2.05, 4.69) is 39.8 Å². The van der Waals surface area contributed by atoms with Crippen molar-refractivity contribution < 1.29 is 29.3 Å². The molecular formula is C37H52N4O6. The van der Waals surface area contributed by atoms with E-state index in [9.17, 15) is 19.8 Å². The first kappa shape index (κ1) is 33.7. The molecule has 47 heavy (non-hydrogen) atoms. The van der Waals surface area contributed by atoms with Crippen LogP contribution in [0.2, 0.25) is 0 Å². The molecule has 1 saturated heterocycles. The van der Waals surface area contributed by atoms with Crippen LogP contribution in [0.25, 0.3) is 0 Å². The zero-order chi connectivity index (χ0) is 32.6. The van der Waals surface area contributed by atoms with E-state index in [0.29, 0.717) is 38.3 Å². The fourth-order valence-electron chi connectivity index (χ4n) is 8.05. The number of ether oxygens (including phenoxy) is 2. The third-order valence-corrected chi connectivity index (χ3v) is 10.6. The van der Waals surface area contributed by atoms with E-state index in [0.717, 1.165) is 56.9 Å². The third kappa shape index (κ3) is 8.84. The summed E-state index contributed by atoms with van der Waals surface area (Å²) in [5.41, 5.74) is 3.35. The van der Waals surface area contributed by atoms with Gasteiger partial charge in [0.25, 0.3) is 5.91 Å². The lowest BCUT2D eigenvalue weighted by atomic mass is 10.0. The summed E-state index contributed by atoms with van der Waals surface area (Å²) in [6.07, 6.45) is 9.99. The second-order valence-electron chi connectivity index (χ2n) is 13.9. The molecule has 0 bridgehead atoms. The van der Waals surface area contributed by atoms with E-state index in [1.54, 1.807) is 6.07 Å². The van der Waals surface area contributed by atoms with Crippen LogP contribution in [-0.2, 0) is 27.2 Å². The van der Waals surface area contributed by atoms with Crippen LogP contribution in [0.3, 0.4) is 0 Å². The van der Waals surface area contributed by atoms with Crippen LogP contribution in [0.15, 0.2) is 36.4 Å². The standard InChI is InChI=1S/C37H52N4O6/c42-32-12-11-31(37-36(32)39-34(44)25-47-37)33(43)22-38-16-18-41(30-9-1-2-10-30)35(45)15-20-46-19-14-27-6-3-5-26(21-27)13-17-40-23-28-7-4-8-29(28)24-40/h3,5-6,11-12,21,28-30,33,38,42-43H,1-2,4,7-10,13-20,22-25H2,(H,39,44)/t28?,29?,33-/m0/s1. The summed E-state index contributed by atoms with van der Waals surface area (Å²) in [5, 5.41) is 26.8. The number of rotatable bonds is 16. The number of aliphatic hydroxyl groups is 1. The number of carbonyl (C=O) groups excluding carboxylic acids is 2. The Morgan fingerprint density at radius 1 is 1.04 bits per heavy atom. The highest BCUT2D eigenvalue weighted by Crippen LogP contribution is 2.41. The van der Waals surface area contributed by atoms with Gasteiger partial charge in [-0.05, 0) is 73.6 Å². The van der Waals surface area contributed by atoms with E-state index in [-0.39, 0.29) is 48.2 Å². The van der Waals surface area contributed by atoms with Crippen LogP contribution in [0.4, 0.5) is 5.69 Å². The van der Waals surface area contributed by atoms with Gasteiger partial charge in [-0.1, -0.05) is 43.5 Å². The van der Waals surface area contributed by atoms with Gasteiger partial charge in [0.1, 0.15) is 11.4 Å². The highest BCUT2D eigenvalue weighted by Gasteiger charge is 2.35. The van der Waals surface area contributed by atoms with Gasteiger partial charge in [0.15, 0.2) is 12.4 Å². The molecule has 4 N–H and O–H groups in total. The summed E-state index contributed by atoms with van der Waals surface area (Å²) in [6.45, 7) is 5.90. The van der Waals surface area contributed by atoms with E-state index in [1.165, 1.54) is 49.5 Å². The smallest absolute Gasteiger partial charge is 0.262 e. The van der Waals surface area contributed by atoms with Crippen molar-refractivity contribution in [2.75, 3.05) is 64.4 Å². The number of carbonyl (C=O) groups is 2. The topological polar surface area (TPSA) is 124 Å². The molecule has 256 valence electrons. The van der Waals surface area contributed by atoms with E-state index in [4.69, 9.17) is 9.47 Å². The molecule has 3 fully saturated rings. The number of fused-ring (bicyclic) bond motifs is 2. The highest BCUT2D eigenvalue weighted by molar-refractivity contribution is 5.97. The molecule has 2 aromatic rings.